The highest BCUT2D eigenvalue weighted by molar-refractivity contribution is 7.99. The lowest BCUT2D eigenvalue weighted by molar-refractivity contribution is -0.145. The number of thioether (sulfide) groups is 1. The summed E-state index contributed by atoms with van der Waals surface area (Å²) in [6.07, 6.45) is 1.57. The van der Waals surface area contributed by atoms with Crippen LogP contribution in [0.1, 0.15) is 5.56 Å². The second kappa shape index (κ2) is 10.2. The van der Waals surface area contributed by atoms with Crippen LogP contribution in [-0.4, -0.2) is 40.2 Å². The lowest BCUT2D eigenvalue weighted by Crippen LogP contribution is -2.41. The molecular formula is C20H18N4O4S. The molecule has 2 aromatic carbocycles. The van der Waals surface area contributed by atoms with Crippen LogP contribution in [0.15, 0.2) is 65.8 Å². The topological polar surface area (TPSA) is 110 Å². The number of carbonyl (C=O) groups excluding carboxylic acids is 3. The van der Waals surface area contributed by atoms with Gasteiger partial charge in [-0.15, -0.1) is 0 Å². The molecule has 148 valence electrons. The zero-order chi connectivity index (χ0) is 20.5. The largest absolute Gasteiger partial charge is 0.455 e. The second-order valence-corrected chi connectivity index (χ2v) is 6.86. The number of amides is 3. The zero-order valence-corrected chi connectivity index (χ0v) is 16.1. The maximum absolute atomic E-state index is 11.8. The van der Waals surface area contributed by atoms with Crippen molar-refractivity contribution >= 4 is 40.7 Å². The molecule has 29 heavy (non-hydrogen) atoms. The van der Waals surface area contributed by atoms with Crippen molar-refractivity contribution in [3.8, 4) is 0 Å². The Labute approximate surface area is 171 Å². The number of aromatic nitrogens is 2. The average molecular weight is 410 g/mol. The van der Waals surface area contributed by atoms with Crippen molar-refractivity contribution in [3.63, 3.8) is 0 Å². The van der Waals surface area contributed by atoms with Crippen molar-refractivity contribution in [2.75, 3.05) is 12.4 Å². The summed E-state index contributed by atoms with van der Waals surface area (Å²) in [6.45, 7) is -0.259. The maximum atomic E-state index is 11.8. The lowest BCUT2D eigenvalue weighted by atomic mass is 10.2. The molecule has 9 heteroatoms. The summed E-state index contributed by atoms with van der Waals surface area (Å²) in [6, 6.07) is 16.0. The van der Waals surface area contributed by atoms with Crippen molar-refractivity contribution in [1.82, 2.24) is 20.6 Å². The van der Waals surface area contributed by atoms with Gasteiger partial charge in [-0.2, -0.15) is 0 Å². The summed E-state index contributed by atoms with van der Waals surface area (Å²) in [7, 11) is 0. The summed E-state index contributed by atoms with van der Waals surface area (Å²) >= 11 is 1.16. The van der Waals surface area contributed by atoms with Crippen molar-refractivity contribution in [3.05, 3.63) is 66.4 Å². The van der Waals surface area contributed by atoms with Crippen molar-refractivity contribution in [2.24, 2.45) is 0 Å². The normalized spacial score (nSPS) is 10.3. The van der Waals surface area contributed by atoms with Crippen molar-refractivity contribution in [1.29, 1.82) is 0 Å². The number of para-hydroxylation sites is 2. The molecule has 0 saturated carbocycles. The van der Waals surface area contributed by atoms with Gasteiger partial charge in [-0.25, -0.2) is 9.78 Å². The predicted molar refractivity (Wildman–Crippen MR) is 108 cm³/mol. The van der Waals surface area contributed by atoms with Gasteiger partial charge in [0.25, 0.3) is 5.91 Å². The van der Waals surface area contributed by atoms with E-state index in [4.69, 9.17) is 4.74 Å². The molecule has 0 fully saturated rings. The first-order valence-electron chi connectivity index (χ1n) is 8.72. The van der Waals surface area contributed by atoms with Crippen LogP contribution in [0.4, 0.5) is 4.79 Å². The Morgan fingerprint density at radius 1 is 0.966 bits per heavy atom. The molecule has 2 N–H and O–H groups in total. The first kappa shape index (κ1) is 20.3. The number of fused-ring (bicyclic) bond motifs is 1. The number of esters is 1. The highest BCUT2D eigenvalue weighted by Gasteiger charge is 2.12. The van der Waals surface area contributed by atoms with E-state index in [1.54, 1.807) is 6.20 Å². The van der Waals surface area contributed by atoms with Gasteiger partial charge in [-0.05, 0) is 17.7 Å². The van der Waals surface area contributed by atoms with Gasteiger partial charge >= 0.3 is 12.0 Å². The van der Waals surface area contributed by atoms with E-state index in [1.165, 1.54) is 0 Å². The molecule has 0 bridgehead atoms. The number of nitrogens with zero attached hydrogens (tertiary/aromatic N) is 2. The van der Waals surface area contributed by atoms with Crippen LogP contribution < -0.4 is 10.6 Å². The molecule has 1 heterocycles. The lowest BCUT2D eigenvalue weighted by Gasteiger charge is -2.07. The fourth-order valence-corrected chi connectivity index (χ4v) is 2.95. The van der Waals surface area contributed by atoms with Crippen molar-refractivity contribution < 1.29 is 19.1 Å². The van der Waals surface area contributed by atoms with E-state index in [-0.39, 0.29) is 12.3 Å². The quantitative estimate of drug-likeness (QED) is 0.454. The summed E-state index contributed by atoms with van der Waals surface area (Å²) in [5.74, 6) is -1.33. The van der Waals surface area contributed by atoms with Gasteiger partial charge in [0.15, 0.2) is 6.61 Å². The Bertz CT molecular complexity index is 1010. The molecule has 3 amide bonds. The molecule has 0 atom stereocenters. The van der Waals surface area contributed by atoms with Gasteiger partial charge in [-0.1, -0.05) is 54.2 Å². The Morgan fingerprint density at radius 3 is 2.48 bits per heavy atom. The zero-order valence-electron chi connectivity index (χ0n) is 15.3. The number of ether oxygens (including phenoxy) is 1. The number of nitrogens with one attached hydrogen (secondary N) is 2. The minimum Gasteiger partial charge on any atom is -0.455 e. The van der Waals surface area contributed by atoms with Crippen LogP contribution in [0.3, 0.4) is 0 Å². The number of carbonyl (C=O) groups is 3. The first-order valence-corrected chi connectivity index (χ1v) is 9.70. The molecule has 0 aliphatic rings. The van der Waals surface area contributed by atoms with E-state index in [1.807, 2.05) is 54.6 Å². The molecule has 3 rings (SSSR count). The van der Waals surface area contributed by atoms with Crippen LogP contribution in [0.5, 0.6) is 0 Å². The summed E-state index contributed by atoms with van der Waals surface area (Å²) in [5.41, 5.74) is 2.39. The van der Waals surface area contributed by atoms with Crippen LogP contribution >= 0.6 is 11.8 Å². The second-order valence-electron chi connectivity index (χ2n) is 5.86. The van der Waals surface area contributed by atoms with E-state index in [9.17, 15) is 14.4 Å². The highest BCUT2D eigenvalue weighted by Crippen LogP contribution is 2.17. The number of benzene rings is 2. The Morgan fingerprint density at radius 2 is 1.69 bits per heavy atom. The smallest absolute Gasteiger partial charge is 0.321 e. The Hall–Kier alpha value is -3.46. The highest BCUT2D eigenvalue weighted by atomic mass is 32.2. The van der Waals surface area contributed by atoms with Crippen LogP contribution in [0, 0.1) is 0 Å². The summed E-state index contributed by atoms with van der Waals surface area (Å²) < 4.78 is 4.88. The molecule has 0 spiro atoms. The van der Waals surface area contributed by atoms with E-state index < -0.39 is 24.5 Å². The standard InChI is InChI=1S/C20H18N4O4S/c25-17(24-20(27)22-10-14-6-2-1-3-7-14)12-28-19(26)13-29-18-11-21-15-8-4-5-9-16(15)23-18/h1-9,11H,10,12-13H2,(H2,22,24,25,27). The number of imide groups is 1. The van der Waals surface area contributed by atoms with Crippen LogP contribution in [-0.2, 0) is 20.9 Å². The summed E-state index contributed by atoms with van der Waals surface area (Å²) in [5, 5.41) is 5.23. The molecule has 0 aliphatic heterocycles. The maximum Gasteiger partial charge on any atom is 0.321 e. The Kier molecular flexibility index (Phi) is 7.12. The molecule has 0 saturated heterocycles. The molecule has 0 aliphatic carbocycles. The third-order valence-electron chi connectivity index (χ3n) is 3.68. The molecule has 0 radical (unpaired) electrons. The van der Waals surface area contributed by atoms with Gasteiger partial charge in [0.05, 0.1) is 23.0 Å². The molecule has 8 nitrogen and oxygen atoms in total. The Balaban J connectivity index is 1.35. The monoisotopic (exact) mass is 410 g/mol. The van der Waals surface area contributed by atoms with Gasteiger partial charge < -0.3 is 10.1 Å². The van der Waals surface area contributed by atoms with Gasteiger partial charge in [-0.3, -0.25) is 19.9 Å². The minimum absolute atomic E-state index is 0.0273. The van der Waals surface area contributed by atoms with E-state index in [2.05, 4.69) is 20.6 Å². The van der Waals surface area contributed by atoms with Crippen LogP contribution in [0.25, 0.3) is 11.0 Å². The number of urea groups is 1. The molecule has 3 aromatic rings. The SMILES string of the molecule is O=C(COC(=O)CSc1cnc2ccccc2n1)NC(=O)NCc1ccccc1. The number of rotatable bonds is 7. The predicted octanol–water partition coefficient (Wildman–Crippen LogP) is 2.29. The van der Waals surface area contributed by atoms with Gasteiger partial charge in [0, 0.05) is 6.54 Å². The molecule has 1 aromatic heterocycles. The van der Waals surface area contributed by atoms with Crippen molar-refractivity contribution in [2.45, 2.75) is 11.6 Å². The average Bonchev–Trinajstić information content (AvgIpc) is 2.75. The van der Waals surface area contributed by atoms with Gasteiger partial charge in [0.2, 0.25) is 0 Å². The third-order valence-corrected chi connectivity index (χ3v) is 4.55. The number of hydrogen-bond donors (Lipinski definition) is 2. The van der Waals surface area contributed by atoms with E-state index in [0.29, 0.717) is 5.03 Å². The summed E-state index contributed by atoms with van der Waals surface area (Å²) in [4.78, 5) is 43.9. The van der Waals surface area contributed by atoms with Crippen LogP contribution in [0.2, 0.25) is 0 Å². The fourth-order valence-electron chi connectivity index (χ4n) is 2.32. The minimum atomic E-state index is -0.709. The van der Waals surface area contributed by atoms with Gasteiger partial charge in [0.1, 0.15) is 5.03 Å². The molecular weight excluding hydrogens is 392 g/mol. The van der Waals surface area contributed by atoms with E-state index in [0.717, 1.165) is 28.4 Å². The molecule has 0 unspecified atom stereocenters. The fraction of sp³-hybridized carbons (Fsp3) is 0.150. The number of hydrogen-bond acceptors (Lipinski definition) is 7. The first-order chi connectivity index (χ1) is 14.1. The third kappa shape index (κ3) is 6.58. The van der Waals surface area contributed by atoms with E-state index >= 15 is 0 Å².